The van der Waals surface area contributed by atoms with E-state index >= 15 is 0 Å². The molecule has 0 bridgehead atoms. The van der Waals surface area contributed by atoms with Gasteiger partial charge in [0.05, 0.1) is 18.2 Å². The van der Waals surface area contributed by atoms with E-state index in [1.165, 1.54) is 6.07 Å². The number of nitrogens with one attached hydrogen (secondary N) is 1. The molecule has 5 nitrogen and oxygen atoms in total. The second-order valence-corrected chi connectivity index (χ2v) is 5.72. The molecule has 0 spiro atoms. The van der Waals surface area contributed by atoms with E-state index in [1.807, 2.05) is 10.7 Å². The highest BCUT2D eigenvalue weighted by atomic mass is 19.2. The number of rotatable bonds is 4. The molecule has 1 N–H and O–H groups in total. The first kappa shape index (κ1) is 15.6. The first-order chi connectivity index (χ1) is 11.1. The maximum absolute atomic E-state index is 13.4. The molecule has 1 aromatic carbocycles. The summed E-state index contributed by atoms with van der Waals surface area (Å²) in [5, 5.41) is 6.92. The quantitative estimate of drug-likeness (QED) is 0.935. The van der Waals surface area contributed by atoms with Crippen LogP contribution in [0.2, 0.25) is 0 Å². The van der Waals surface area contributed by atoms with Crippen LogP contribution in [0, 0.1) is 11.6 Å². The normalized spacial score (nSPS) is 17.8. The van der Waals surface area contributed by atoms with Crippen LogP contribution in [0.15, 0.2) is 30.5 Å². The van der Waals surface area contributed by atoms with Crippen molar-refractivity contribution in [3.8, 4) is 0 Å². The number of amides is 1. The second kappa shape index (κ2) is 6.45. The van der Waals surface area contributed by atoms with Gasteiger partial charge < -0.3 is 5.32 Å². The van der Waals surface area contributed by atoms with Crippen LogP contribution < -0.4 is 5.32 Å². The lowest BCUT2D eigenvalue weighted by atomic mass is 10.1. The molecule has 122 valence electrons. The lowest BCUT2D eigenvalue weighted by molar-refractivity contribution is -0.121. The smallest absolute Gasteiger partial charge is 0.221 e. The Morgan fingerprint density at radius 2 is 2.17 bits per heavy atom. The molecule has 1 atom stereocenters. The minimum absolute atomic E-state index is 0.0499. The SMILES string of the molecule is CNC(=O)C[C@@H]1CN(Cc2ccc(F)c(F)c2)Cc2ccnn21. The molecule has 7 heteroatoms. The van der Waals surface area contributed by atoms with Crippen molar-refractivity contribution in [2.45, 2.75) is 25.6 Å². The predicted molar refractivity (Wildman–Crippen MR) is 80.4 cm³/mol. The van der Waals surface area contributed by atoms with Gasteiger partial charge in [0, 0.05) is 32.9 Å². The Balaban J connectivity index is 1.76. The van der Waals surface area contributed by atoms with Gasteiger partial charge in [0.25, 0.3) is 0 Å². The lowest BCUT2D eigenvalue weighted by Gasteiger charge is -2.33. The monoisotopic (exact) mass is 320 g/mol. The van der Waals surface area contributed by atoms with Crippen LogP contribution in [-0.4, -0.2) is 34.2 Å². The molecule has 0 aliphatic carbocycles. The molecule has 0 saturated carbocycles. The Hall–Kier alpha value is -2.28. The van der Waals surface area contributed by atoms with E-state index in [1.54, 1.807) is 19.3 Å². The summed E-state index contributed by atoms with van der Waals surface area (Å²) in [5.74, 6) is -1.74. The molecule has 1 aliphatic heterocycles. The highest BCUT2D eigenvalue weighted by Crippen LogP contribution is 2.24. The number of benzene rings is 1. The first-order valence-corrected chi connectivity index (χ1v) is 7.46. The molecule has 0 saturated heterocycles. The van der Waals surface area contributed by atoms with Gasteiger partial charge in [-0.1, -0.05) is 6.07 Å². The van der Waals surface area contributed by atoms with Crippen LogP contribution in [0.5, 0.6) is 0 Å². The van der Waals surface area contributed by atoms with Crippen LogP contribution in [-0.2, 0) is 17.9 Å². The molecular weight excluding hydrogens is 302 g/mol. The number of carbonyl (C=O) groups excluding carboxylic acids is 1. The van der Waals surface area contributed by atoms with Gasteiger partial charge in [-0.25, -0.2) is 8.78 Å². The standard InChI is InChI=1S/C16H18F2N4O/c1-19-16(23)7-13-10-21(9-12-4-5-20-22(12)13)8-11-2-3-14(17)15(18)6-11/h2-6,13H,7-10H2,1H3,(H,19,23)/t13-/m1/s1. The van der Waals surface area contributed by atoms with Gasteiger partial charge in [-0.05, 0) is 23.8 Å². The summed E-state index contributed by atoms with van der Waals surface area (Å²) in [5.41, 5.74) is 1.71. The molecule has 3 rings (SSSR count). The van der Waals surface area contributed by atoms with Crippen molar-refractivity contribution in [3.05, 3.63) is 53.4 Å². The van der Waals surface area contributed by atoms with E-state index in [0.29, 0.717) is 31.6 Å². The van der Waals surface area contributed by atoms with Gasteiger partial charge >= 0.3 is 0 Å². The average Bonchev–Trinajstić information content (AvgIpc) is 2.99. The molecule has 2 heterocycles. The van der Waals surface area contributed by atoms with E-state index in [2.05, 4.69) is 15.3 Å². The Morgan fingerprint density at radius 3 is 2.91 bits per heavy atom. The van der Waals surface area contributed by atoms with Gasteiger partial charge in [0.15, 0.2) is 11.6 Å². The number of hydrogen-bond acceptors (Lipinski definition) is 3. The van der Waals surface area contributed by atoms with Crippen molar-refractivity contribution in [3.63, 3.8) is 0 Å². The van der Waals surface area contributed by atoms with Crippen LogP contribution in [0.1, 0.15) is 23.7 Å². The van der Waals surface area contributed by atoms with Crippen molar-refractivity contribution in [1.29, 1.82) is 0 Å². The highest BCUT2D eigenvalue weighted by Gasteiger charge is 2.27. The van der Waals surface area contributed by atoms with E-state index in [0.717, 1.165) is 11.8 Å². The van der Waals surface area contributed by atoms with Crippen molar-refractivity contribution in [1.82, 2.24) is 20.0 Å². The number of nitrogens with zero attached hydrogens (tertiary/aromatic N) is 3. The number of aromatic nitrogens is 2. The third-order valence-corrected chi connectivity index (χ3v) is 4.04. The highest BCUT2D eigenvalue weighted by molar-refractivity contribution is 5.76. The Bertz CT molecular complexity index is 716. The number of hydrogen-bond donors (Lipinski definition) is 1. The van der Waals surface area contributed by atoms with Crippen molar-refractivity contribution in [2.24, 2.45) is 0 Å². The van der Waals surface area contributed by atoms with E-state index in [-0.39, 0.29) is 11.9 Å². The van der Waals surface area contributed by atoms with E-state index < -0.39 is 11.6 Å². The number of fused-ring (bicyclic) bond motifs is 1. The summed E-state index contributed by atoms with van der Waals surface area (Å²) in [6, 6.07) is 5.78. The maximum Gasteiger partial charge on any atom is 0.221 e. The zero-order valence-electron chi connectivity index (χ0n) is 12.8. The summed E-state index contributed by atoms with van der Waals surface area (Å²) < 4.78 is 28.3. The summed E-state index contributed by atoms with van der Waals surface area (Å²) in [4.78, 5) is 13.8. The van der Waals surface area contributed by atoms with Crippen LogP contribution >= 0.6 is 0 Å². The van der Waals surface area contributed by atoms with Gasteiger partial charge in [0.2, 0.25) is 5.91 Å². The van der Waals surface area contributed by atoms with Crippen LogP contribution in [0.25, 0.3) is 0 Å². The van der Waals surface area contributed by atoms with Crippen molar-refractivity contribution < 1.29 is 13.6 Å². The van der Waals surface area contributed by atoms with E-state index in [4.69, 9.17) is 0 Å². The van der Waals surface area contributed by atoms with Gasteiger partial charge in [-0.3, -0.25) is 14.4 Å². The largest absolute Gasteiger partial charge is 0.359 e. The Morgan fingerprint density at radius 1 is 1.35 bits per heavy atom. The zero-order valence-corrected chi connectivity index (χ0v) is 12.8. The summed E-state index contributed by atoms with van der Waals surface area (Å²) >= 11 is 0. The van der Waals surface area contributed by atoms with Crippen LogP contribution in [0.3, 0.4) is 0 Å². The van der Waals surface area contributed by atoms with E-state index in [9.17, 15) is 13.6 Å². The maximum atomic E-state index is 13.4. The third kappa shape index (κ3) is 3.39. The van der Waals surface area contributed by atoms with Crippen molar-refractivity contribution in [2.75, 3.05) is 13.6 Å². The molecule has 0 radical (unpaired) electrons. The molecular formula is C16H18F2N4O. The topological polar surface area (TPSA) is 50.2 Å². The number of halogens is 2. The summed E-state index contributed by atoms with van der Waals surface area (Å²) in [6.07, 6.45) is 2.05. The Kier molecular flexibility index (Phi) is 4.38. The molecule has 1 aromatic heterocycles. The first-order valence-electron chi connectivity index (χ1n) is 7.46. The molecule has 23 heavy (non-hydrogen) atoms. The van der Waals surface area contributed by atoms with Gasteiger partial charge in [-0.15, -0.1) is 0 Å². The molecule has 1 amide bonds. The predicted octanol–water partition coefficient (Wildman–Crippen LogP) is 1.85. The molecule has 1 aliphatic rings. The van der Waals surface area contributed by atoms with Gasteiger partial charge in [0.1, 0.15) is 0 Å². The minimum Gasteiger partial charge on any atom is -0.359 e. The average molecular weight is 320 g/mol. The lowest BCUT2D eigenvalue weighted by Crippen LogP contribution is -2.39. The third-order valence-electron chi connectivity index (χ3n) is 4.04. The van der Waals surface area contributed by atoms with Crippen molar-refractivity contribution >= 4 is 5.91 Å². The Labute approximate surface area is 132 Å². The fourth-order valence-corrected chi connectivity index (χ4v) is 2.95. The second-order valence-electron chi connectivity index (χ2n) is 5.72. The van der Waals surface area contributed by atoms with Gasteiger partial charge in [-0.2, -0.15) is 5.10 Å². The summed E-state index contributed by atoms with van der Waals surface area (Å²) in [6.45, 7) is 1.77. The zero-order chi connectivity index (χ0) is 16.4. The summed E-state index contributed by atoms with van der Waals surface area (Å²) in [7, 11) is 1.61. The molecule has 0 fully saturated rings. The fraction of sp³-hybridized carbons (Fsp3) is 0.375. The van der Waals surface area contributed by atoms with Crippen LogP contribution in [0.4, 0.5) is 8.78 Å². The molecule has 0 unspecified atom stereocenters. The fourth-order valence-electron chi connectivity index (χ4n) is 2.95. The number of carbonyl (C=O) groups is 1. The minimum atomic E-state index is -0.844. The molecule has 2 aromatic rings.